The highest BCUT2D eigenvalue weighted by molar-refractivity contribution is 14.1. The van der Waals surface area contributed by atoms with E-state index >= 15 is 0 Å². The van der Waals surface area contributed by atoms with E-state index in [9.17, 15) is 33.0 Å². The fourth-order valence-corrected chi connectivity index (χ4v) is 6.79. The van der Waals surface area contributed by atoms with Crippen LogP contribution in [0.3, 0.4) is 0 Å². The molecular formula is C27H23F3INO4S. The van der Waals surface area contributed by atoms with Gasteiger partial charge in [-0.25, -0.2) is 0 Å². The maximum absolute atomic E-state index is 13.8. The molecule has 37 heavy (non-hydrogen) atoms. The molecule has 2 N–H and O–H groups in total. The van der Waals surface area contributed by atoms with Crippen LogP contribution < -0.4 is 0 Å². The van der Waals surface area contributed by atoms with Gasteiger partial charge in [-0.3, -0.25) is 9.59 Å². The van der Waals surface area contributed by atoms with Crippen LogP contribution >= 0.6 is 34.4 Å². The Kier molecular flexibility index (Phi) is 7.91. The Bertz CT molecular complexity index is 1330. The third-order valence-electron chi connectivity index (χ3n) is 6.38. The highest BCUT2D eigenvalue weighted by atomic mass is 127. The van der Waals surface area contributed by atoms with Gasteiger partial charge in [0.1, 0.15) is 0 Å². The number of aryl methyl sites for hydroxylation is 1. The third-order valence-corrected chi connectivity index (χ3v) is 8.72. The maximum Gasteiger partial charge on any atom is 0.416 e. The Morgan fingerprint density at radius 2 is 1.81 bits per heavy atom. The van der Waals surface area contributed by atoms with Crippen LogP contribution in [0, 0.1) is 10.5 Å². The van der Waals surface area contributed by atoms with E-state index < -0.39 is 47.4 Å². The molecule has 0 spiro atoms. The molecule has 1 aliphatic rings. The standard InChI is InChI=1S/C27H23F3INO4S/c1-16-6-9-19(10-7-16)37-26(25(35)36)13-23(34)32(14-18-4-2-3-5-21(18)27(28,29)30)24(26)20-11-8-17(15-33)12-22(20)31/h2-12,24,33H,13-15H2,1H3,(H,35,36)/t24-,26-/m1/s1. The highest BCUT2D eigenvalue weighted by Gasteiger charge is 2.59. The van der Waals surface area contributed by atoms with Gasteiger partial charge < -0.3 is 15.1 Å². The molecule has 1 heterocycles. The van der Waals surface area contributed by atoms with Crippen molar-refractivity contribution in [2.24, 2.45) is 0 Å². The smallest absolute Gasteiger partial charge is 0.416 e. The molecular weight excluding hydrogens is 618 g/mol. The number of rotatable bonds is 7. The molecule has 194 valence electrons. The van der Waals surface area contributed by atoms with Crippen LogP contribution in [0.1, 0.15) is 40.3 Å². The normalized spacial score (nSPS) is 19.9. The summed E-state index contributed by atoms with van der Waals surface area (Å²) >= 11 is 3.04. The monoisotopic (exact) mass is 641 g/mol. The first-order valence-corrected chi connectivity index (χ1v) is 13.2. The number of alkyl halides is 3. The summed E-state index contributed by atoms with van der Waals surface area (Å²) in [5, 5.41) is 20.1. The lowest BCUT2D eigenvalue weighted by Crippen LogP contribution is -2.42. The number of aliphatic carboxylic acids is 1. The molecule has 0 saturated carbocycles. The van der Waals surface area contributed by atoms with Crippen molar-refractivity contribution in [1.82, 2.24) is 4.90 Å². The number of aliphatic hydroxyl groups excluding tert-OH is 1. The van der Waals surface area contributed by atoms with E-state index in [0.717, 1.165) is 23.4 Å². The van der Waals surface area contributed by atoms with Gasteiger partial charge in [0.15, 0.2) is 4.75 Å². The van der Waals surface area contributed by atoms with Crippen molar-refractivity contribution in [3.63, 3.8) is 0 Å². The highest BCUT2D eigenvalue weighted by Crippen LogP contribution is 2.54. The summed E-state index contributed by atoms with van der Waals surface area (Å²) in [7, 11) is 0. The number of benzene rings is 3. The Hall–Kier alpha value is -2.57. The minimum Gasteiger partial charge on any atom is -0.480 e. The number of carboxylic acids is 1. The zero-order valence-electron chi connectivity index (χ0n) is 19.6. The van der Waals surface area contributed by atoms with E-state index in [4.69, 9.17) is 0 Å². The molecule has 0 aliphatic carbocycles. The summed E-state index contributed by atoms with van der Waals surface area (Å²) in [6.45, 7) is 1.26. The summed E-state index contributed by atoms with van der Waals surface area (Å²) in [6, 6.07) is 16.1. The lowest BCUT2D eigenvalue weighted by Gasteiger charge is -2.35. The van der Waals surface area contributed by atoms with Crippen molar-refractivity contribution < 1.29 is 33.0 Å². The summed E-state index contributed by atoms with van der Waals surface area (Å²) in [6.07, 6.45) is -5.02. The van der Waals surface area contributed by atoms with Crippen LogP contribution in [0.25, 0.3) is 0 Å². The zero-order chi connectivity index (χ0) is 27.0. The quantitative estimate of drug-likeness (QED) is 0.301. The van der Waals surface area contributed by atoms with Crippen molar-refractivity contribution in [2.45, 2.75) is 48.4 Å². The lowest BCUT2D eigenvalue weighted by molar-refractivity contribution is -0.141. The van der Waals surface area contributed by atoms with Gasteiger partial charge in [-0.1, -0.05) is 48.0 Å². The maximum atomic E-state index is 13.8. The molecule has 0 bridgehead atoms. The average Bonchev–Trinajstić information content (AvgIpc) is 3.12. The topological polar surface area (TPSA) is 77.8 Å². The number of hydrogen-bond acceptors (Lipinski definition) is 4. The van der Waals surface area contributed by atoms with Crippen LogP contribution in [0.15, 0.2) is 71.6 Å². The molecule has 1 amide bonds. The minimum atomic E-state index is -4.63. The molecule has 2 atom stereocenters. The molecule has 10 heteroatoms. The van der Waals surface area contributed by atoms with Crippen molar-refractivity contribution in [3.05, 3.63) is 98.1 Å². The number of carbonyl (C=O) groups is 2. The zero-order valence-corrected chi connectivity index (χ0v) is 22.6. The SMILES string of the molecule is Cc1ccc(S[C@]2(C(=O)O)CC(=O)N(Cc3ccccc3C(F)(F)F)[C@@H]2c2ccc(CO)cc2I)cc1. The van der Waals surface area contributed by atoms with E-state index in [1.54, 1.807) is 30.3 Å². The van der Waals surface area contributed by atoms with Gasteiger partial charge in [-0.15, -0.1) is 11.8 Å². The van der Waals surface area contributed by atoms with Crippen LogP contribution in [-0.4, -0.2) is 31.7 Å². The molecule has 4 rings (SSSR count). The van der Waals surface area contributed by atoms with Gasteiger partial charge in [-0.2, -0.15) is 13.2 Å². The van der Waals surface area contributed by atoms with Gasteiger partial charge in [0, 0.05) is 15.0 Å². The van der Waals surface area contributed by atoms with Gasteiger partial charge >= 0.3 is 12.1 Å². The van der Waals surface area contributed by atoms with Gasteiger partial charge in [0.05, 0.1) is 24.6 Å². The number of carbonyl (C=O) groups excluding carboxylic acids is 1. The number of nitrogens with zero attached hydrogens (tertiary/aromatic N) is 1. The molecule has 0 radical (unpaired) electrons. The Morgan fingerprint density at radius 3 is 2.41 bits per heavy atom. The average molecular weight is 641 g/mol. The second-order valence-electron chi connectivity index (χ2n) is 8.88. The fourth-order valence-electron chi connectivity index (χ4n) is 4.57. The summed E-state index contributed by atoms with van der Waals surface area (Å²) in [4.78, 5) is 28.3. The number of likely N-dealkylation sites (tertiary alicyclic amines) is 1. The second kappa shape index (κ2) is 10.7. The molecule has 1 aliphatic heterocycles. The summed E-state index contributed by atoms with van der Waals surface area (Å²) < 4.78 is 40.2. The Morgan fingerprint density at radius 1 is 1.14 bits per heavy atom. The molecule has 5 nitrogen and oxygen atoms in total. The largest absolute Gasteiger partial charge is 0.480 e. The number of thioether (sulfide) groups is 1. The Labute approximate surface area is 229 Å². The van der Waals surface area contributed by atoms with Gasteiger partial charge in [0.25, 0.3) is 0 Å². The first kappa shape index (κ1) is 27.5. The van der Waals surface area contributed by atoms with Crippen molar-refractivity contribution in [2.75, 3.05) is 0 Å². The summed E-state index contributed by atoms with van der Waals surface area (Å²) in [5.74, 6) is -1.78. The molecule has 0 aromatic heterocycles. The second-order valence-corrected chi connectivity index (χ2v) is 11.4. The predicted octanol–water partition coefficient (Wildman–Crippen LogP) is 6.20. The van der Waals surface area contributed by atoms with Crippen molar-refractivity contribution in [3.8, 4) is 0 Å². The third kappa shape index (κ3) is 5.51. The molecule has 3 aromatic carbocycles. The molecule has 1 saturated heterocycles. The van der Waals surface area contributed by atoms with Crippen LogP contribution in [-0.2, 0) is 28.9 Å². The first-order valence-electron chi connectivity index (χ1n) is 11.3. The van der Waals surface area contributed by atoms with Crippen molar-refractivity contribution >= 4 is 46.2 Å². The van der Waals surface area contributed by atoms with Gasteiger partial charge in [-0.05, 0) is 70.5 Å². The number of carboxylic acid groups (broad SMARTS) is 1. The van der Waals surface area contributed by atoms with E-state index in [0.29, 0.717) is 19.6 Å². The number of hydrogen-bond donors (Lipinski definition) is 2. The predicted molar refractivity (Wildman–Crippen MR) is 142 cm³/mol. The van der Waals surface area contributed by atoms with E-state index in [2.05, 4.69) is 0 Å². The molecule has 0 unspecified atom stereocenters. The number of halogens is 4. The van der Waals surface area contributed by atoms with Gasteiger partial charge in [0.2, 0.25) is 5.91 Å². The summed E-state index contributed by atoms with van der Waals surface area (Å²) in [5.41, 5.74) is 1.09. The van der Waals surface area contributed by atoms with Crippen LogP contribution in [0.4, 0.5) is 13.2 Å². The van der Waals surface area contributed by atoms with Crippen LogP contribution in [0.5, 0.6) is 0 Å². The number of aliphatic hydroxyl groups is 1. The van der Waals surface area contributed by atoms with E-state index in [1.807, 2.05) is 41.6 Å². The Balaban J connectivity index is 1.88. The molecule has 3 aromatic rings. The van der Waals surface area contributed by atoms with Crippen LogP contribution in [0.2, 0.25) is 0 Å². The van der Waals surface area contributed by atoms with E-state index in [1.165, 1.54) is 23.1 Å². The fraction of sp³-hybridized carbons (Fsp3) is 0.259. The minimum absolute atomic E-state index is 0.114. The lowest BCUT2D eigenvalue weighted by atomic mass is 9.91. The first-order chi connectivity index (χ1) is 17.5. The van der Waals surface area contributed by atoms with Crippen molar-refractivity contribution in [1.29, 1.82) is 0 Å². The van der Waals surface area contributed by atoms with E-state index in [-0.39, 0.29) is 12.2 Å². The molecule has 1 fully saturated rings. The number of amides is 1.